The maximum absolute atomic E-state index is 12.8. The van der Waals surface area contributed by atoms with Crippen LogP contribution in [-0.2, 0) is 20.6 Å². The highest BCUT2D eigenvalue weighted by atomic mass is 19.4. The number of ether oxygens (including phenoxy) is 2. The van der Waals surface area contributed by atoms with Crippen molar-refractivity contribution in [3.05, 3.63) is 48.0 Å². The highest BCUT2D eigenvalue weighted by Crippen LogP contribution is 2.34. The van der Waals surface area contributed by atoms with Crippen molar-refractivity contribution >= 4 is 23.4 Å². The third kappa shape index (κ3) is 5.29. The number of nitrogens with two attached hydrogens (primary N) is 1. The molecule has 1 unspecified atom stereocenters. The van der Waals surface area contributed by atoms with E-state index >= 15 is 0 Å². The van der Waals surface area contributed by atoms with Crippen molar-refractivity contribution in [2.24, 2.45) is 5.73 Å². The lowest BCUT2D eigenvalue weighted by molar-refractivity contribution is -0.137. The first kappa shape index (κ1) is 22.9. The van der Waals surface area contributed by atoms with Gasteiger partial charge in [0, 0.05) is 12.5 Å². The third-order valence-corrected chi connectivity index (χ3v) is 4.80. The van der Waals surface area contributed by atoms with Gasteiger partial charge >= 0.3 is 6.18 Å². The molecule has 0 aromatic heterocycles. The number of hydrogen-bond donors (Lipinski definition) is 2. The minimum atomic E-state index is -4.46. The SMILES string of the molecule is COc1ccc(Oc2ccc(C(F)(F)F)cc2)cc1NC(=O)C1CCC(=O)N1CC(N)=O. The average Bonchev–Trinajstić information content (AvgIpc) is 3.08. The Hall–Kier alpha value is -3.76. The van der Waals surface area contributed by atoms with E-state index in [0.29, 0.717) is 5.75 Å². The summed E-state index contributed by atoms with van der Waals surface area (Å²) >= 11 is 0. The number of amides is 3. The summed E-state index contributed by atoms with van der Waals surface area (Å²) in [6.45, 7) is -0.370. The number of halogens is 3. The zero-order valence-corrected chi connectivity index (χ0v) is 16.9. The Morgan fingerprint density at radius 3 is 2.41 bits per heavy atom. The molecule has 0 spiro atoms. The molecule has 2 aromatic rings. The maximum Gasteiger partial charge on any atom is 0.416 e. The summed E-state index contributed by atoms with van der Waals surface area (Å²) < 4.78 is 48.9. The number of benzene rings is 2. The molecular weight excluding hydrogens is 431 g/mol. The lowest BCUT2D eigenvalue weighted by Gasteiger charge is -2.23. The number of likely N-dealkylation sites (tertiary alicyclic amines) is 1. The normalized spacial score (nSPS) is 16.1. The van der Waals surface area contributed by atoms with Crippen molar-refractivity contribution in [3.8, 4) is 17.2 Å². The quantitative estimate of drug-likeness (QED) is 0.673. The van der Waals surface area contributed by atoms with Gasteiger partial charge in [-0.3, -0.25) is 14.4 Å². The molecular formula is C21H20F3N3O5. The molecule has 3 amide bonds. The molecule has 0 saturated carbocycles. The van der Waals surface area contributed by atoms with Gasteiger partial charge in [-0.25, -0.2) is 0 Å². The molecule has 1 fully saturated rings. The average molecular weight is 451 g/mol. The summed E-state index contributed by atoms with van der Waals surface area (Å²) in [7, 11) is 1.39. The van der Waals surface area contributed by atoms with Crippen LogP contribution in [0.5, 0.6) is 17.2 Å². The number of hydrogen-bond acceptors (Lipinski definition) is 5. The second-order valence-corrected chi connectivity index (χ2v) is 7.02. The summed E-state index contributed by atoms with van der Waals surface area (Å²) in [4.78, 5) is 37.1. The largest absolute Gasteiger partial charge is 0.495 e. The van der Waals surface area contributed by atoms with Crippen molar-refractivity contribution in [2.75, 3.05) is 19.0 Å². The van der Waals surface area contributed by atoms with Gasteiger partial charge < -0.3 is 25.4 Å². The Morgan fingerprint density at radius 2 is 1.81 bits per heavy atom. The van der Waals surface area contributed by atoms with Crippen molar-refractivity contribution < 1.29 is 37.0 Å². The Labute approximate surface area is 181 Å². The van der Waals surface area contributed by atoms with Crippen molar-refractivity contribution in [2.45, 2.75) is 25.1 Å². The summed E-state index contributed by atoms with van der Waals surface area (Å²) in [6.07, 6.45) is -4.12. The molecule has 1 aliphatic heterocycles. The Balaban J connectivity index is 1.77. The Morgan fingerprint density at radius 1 is 1.16 bits per heavy atom. The molecule has 8 nitrogen and oxygen atoms in total. The molecule has 1 aliphatic rings. The monoisotopic (exact) mass is 451 g/mol. The van der Waals surface area contributed by atoms with Crippen molar-refractivity contribution in [3.63, 3.8) is 0 Å². The van der Waals surface area contributed by atoms with E-state index < -0.39 is 29.6 Å². The van der Waals surface area contributed by atoms with Crippen LogP contribution >= 0.6 is 0 Å². The molecule has 1 saturated heterocycles. The van der Waals surface area contributed by atoms with Crippen LogP contribution in [0.25, 0.3) is 0 Å². The molecule has 0 bridgehead atoms. The Kier molecular flexibility index (Phi) is 6.56. The smallest absolute Gasteiger partial charge is 0.416 e. The maximum atomic E-state index is 12.8. The minimum absolute atomic E-state index is 0.111. The fourth-order valence-corrected chi connectivity index (χ4v) is 3.28. The lowest BCUT2D eigenvalue weighted by Crippen LogP contribution is -2.45. The predicted octanol–water partition coefficient (Wildman–Crippen LogP) is 2.92. The number of nitrogens with one attached hydrogen (secondary N) is 1. The van der Waals surface area contributed by atoms with E-state index in [1.54, 1.807) is 0 Å². The topological polar surface area (TPSA) is 111 Å². The van der Waals surface area contributed by atoms with E-state index in [1.807, 2.05) is 0 Å². The summed E-state index contributed by atoms with van der Waals surface area (Å²) in [5.74, 6) is -0.935. The number of alkyl halides is 3. The molecule has 1 heterocycles. The van der Waals surface area contributed by atoms with Crippen LogP contribution in [0.1, 0.15) is 18.4 Å². The first-order valence-corrected chi connectivity index (χ1v) is 9.50. The van der Waals surface area contributed by atoms with Crippen LogP contribution in [0, 0.1) is 0 Å². The van der Waals surface area contributed by atoms with Crippen LogP contribution in [0.4, 0.5) is 18.9 Å². The van der Waals surface area contributed by atoms with Gasteiger partial charge in [0.2, 0.25) is 17.7 Å². The number of carbonyl (C=O) groups is 3. The molecule has 2 aromatic carbocycles. The number of primary amides is 1. The van der Waals surface area contributed by atoms with E-state index in [0.717, 1.165) is 17.0 Å². The fourth-order valence-electron chi connectivity index (χ4n) is 3.28. The molecule has 3 rings (SSSR count). The second-order valence-electron chi connectivity index (χ2n) is 7.02. The zero-order chi connectivity index (χ0) is 23.5. The van der Waals surface area contributed by atoms with Gasteiger partial charge in [0.05, 0.1) is 18.4 Å². The third-order valence-electron chi connectivity index (χ3n) is 4.80. The molecule has 1 atom stereocenters. The Bertz CT molecular complexity index is 1020. The molecule has 3 N–H and O–H groups in total. The minimum Gasteiger partial charge on any atom is -0.495 e. The van der Waals surface area contributed by atoms with Crippen LogP contribution < -0.4 is 20.5 Å². The number of methoxy groups -OCH3 is 1. The van der Waals surface area contributed by atoms with Gasteiger partial charge in [-0.05, 0) is 42.8 Å². The van der Waals surface area contributed by atoms with Crippen LogP contribution in [0.15, 0.2) is 42.5 Å². The predicted molar refractivity (Wildman–Crippen MR) is 107 cm³/mol. The number of rotatable bonds is 7. The van der Waals surface area contributed by atoms with E-state index in [-0.39, 0.29) is 42.5 Å². The molecule has 11 heteroatoms. The van der Waals surface area contributed by atoms with Crippen LogP contribution in [-0.4, -0.2) is 42.3 Å². The first-order valence-electron chi connectivity index (χ1n) is 9.50. The number of anilines is 1. The van der Waals surface area contributed by atoms with E-state index in [1.165, 1.54) is 37.4 Å². The second kappa shape index (κ2) is 9.16. The van der Waals surface area contributed by atoms with Crippen LogP contribution in [0.2, 0.25) is 0 Å². The summed E-state index contributed by atoms with van der Waals surface area (Å²) in [5, 5.41) is 2.64. The van der Waals surface area contributed by atoms with E-state index in [4.69, 9.17) is 15.2 Å². The summed E-state index contributed by atoms with van der Waals surface area (Å²) in [6, 6.07) is 7.73. The van der Waals surface area contributed by atoms with E-state index in [2.05, 4.69) is 5.32 Å². The summed E-state index contributed by atoms with van der Waals surface area (Å²) in [5.41, 5.74) is 4.57. The van der Waals surface area contributed by atoms with Crippen LogP contribution in [0.3, 0.4) is 0 Å². The molecule has 170 valence electrons. The van der Waals surface area contributed by atoms with Crippen molar-refractivity contribution in [1.29, 1.82) is 0 Å². The lowest BCUT2D eigenvalue weighted by atomic mass is 10.2. The highest BCUT2D eigenvalue weighted by molar-refractivity contribution is 6.01. The first-order chi connectivity index (χ1) is 15.1. The standard InChI is InChI=1S/C21H20F3N3O5/c1-31-17-8-6-14(32-13-4-2-12(3-5-13)21(22,23)24)10-15(17)26-20(30)16-7-9-19(29)27(16)11-18(25)28/h2-6,8,10,16H,7,9,11H2,1H3,(H2,25,28)(H,26,30). The van der Waals surface area contributed by atoms with E-state index in [9.17, 15) is 27.6 Å². The zero-order valence-electron chi connectivity index (χ0n) is 16.9. The van der Waals surface area contributed by atoms with Gasteiger partial charge in [0.25, 0.3) is 0 Å². The highest BCUT2D eigenvalue weighted by Gasteiger charge is 2.37. The van der Waals surface area contributed by atoms with Gasteiger partial charge in [-0.15, -0.1) is 0 Å². The van der Waals surface area contributed by atoms with Crippen molar-refractivity contribution in [1.82, 2.24) is 4.90 Å². The van der Waals surface area contributed by atoms with Gasteiger partial charge in [0.15, 0.2) is 0 Å². The molecule has 0 aliphatic carbocycles. The number of carbonyl (C=O) groups excluding carboxylic acids is 3. The molecule has 32 heavy (non-hydrogen) atoms. The van der Waals surface area contributed by atoms with Gasteiger partial charge in [0.1, 0.15) is 29.8 Å². The molecule has 0 radical (unpaired) electrons. The fraction of sp³-hybridized carbons (Fsp3) is 0.286. The number of nitrogens with zero attached hydrogens (tertiary/aromatic N) is 1. The van der Waals surface area contributed by atoms with Gasteiger partial charge in [-0.2, -0.15) is 13.2 Å². The van der Waals surface area contributed by atoms with Gasteiger partial charge in [-0.1, -0.05) is 0 Å².